The number of piperidine rings is 1. The highest BCUT2D eigenvalue weighted by molar-refractivity contribution is 5.83. The first-order chi connectivity index (χ1) is 16.1. The Morgan fingerprint density at radius 3 is 2.12 bits per heavy atom. The third-order valence-electron chi connectivity index (χ3n) is 7.64. The number of amides is 2. The second-order valence-electron chi connectivity index (χ2n) is 9.56. The van der Waals surface area contributed by atoms with Crippen molar-refractivity contribution < 1.29 is 14.3 Å². The number of hydrogen-bond donors (Lipinski definition) is 0. The van der Waals surface area contributed by atoms with Gasteiger partial charge in [-0.1, -0.05) is 36.4 Å². The highest BCUT2D eigenvalue weighted by atomic mass is 16.5. The molecular formula is C27H33N3O3. The summed E-state index contributed by atoms with van der Waals surface area (Å²) < 4.78 is 5.67. The number of carbonyl (C=O) groups is 2. The van der Waals surface area contributed by atoms with Gasteiger partial charge in [-0.25, -0.2) is 0 Å². The summed E-state index contributed by atoms with van der Waals surface area (Å²) in [6.07, 6.45) is 3.27. The Morgan fingerprint density at radius 1 is 0.818 bits per heavy atom. The molecule has 0 bridgehead atoms. The van der Waals surface area contributed by atoms with Crippen LogP contribution < -0.4 is 9.64 Å². The van der Waals surface area contributed by atoms with Gasteiger partial charge in [0.2, 0.25) is 11.8 Å². The topological polar surface area (TPSA) is 53.1 Å². The van der Waals surface area contributed by atoms with Crippen LogP contribution >= 0.6 is 0 Å². The van der Waals surface area contributed by atoms with E-state index in [1.165, 1.54) is 5.69 Å². The minimum absolute atomic E-state index is 0.130. The average Bonchev–Trinajstić information content (AvgIpc) is 3.58. The van der Waals surface area contributed by atoms with Gasteiger partial charge in [0.1, 0.15) is 5.75 Å². The molecule has 0 aromatic heterocycles. The molecule has 5 rings (SSSR count). The monoisotopic (exact) mass is 447 g/mol. The maximum atomic E-state index is 13.2. The molecule has 6 heteroatoms. The van der Waals surface area contributed by atoms with E-state index in [1.54, 1.807) is 0 Å². The van der Waals surface area contributed by atoms with Crippen molar-refractivity contribution in [2.75, 3.05) is 50.8 Å². The van der Waals surface area contributed by atoms with Crippen molar-refractivity contribution in [3.05, 3.63) is 60.7 Å². The van der Waals surface area contributed by atoms with E-state index >= 15 is 0 Å². The zero-order chi connectivity index (χ0) is 22.7. The summed E-state index contributed by atoms with van der Waals surface area (Å²) in [6.45, 7) is 5.30. The summed E-state index contributed by atoms with van der Waals surface area (Å²) in [4.78, 5) is 32.2. The number of rotatable bonds is 6. The summed E-state index contributed by atoms with van der Waals surface area (Å²) in [5.74, 6) is 1.44. The SMILES string of the molecule is O=C(CCOc1ccccc1)N1CCC2(CC1)C[C@@H]2C(=O)N1CCN(c2ccccc2)CC1. The maximum absolute atomic E-state index is 13.2. The Kier molecular flexibility index (Phi) is 6.25. The maximum Gasteiger partial charge on any atom is 0.226 e. The summed E-state index contributed by atoms with van der Waals surface area (Å²) in [5.41, 5.74) is 1.36. The van der Waals surface area contributed by atoms with E-state index < -0.39 is 0 Å². The smallest absolute Gasteiger partial charge is 0.226 e. The van der Waals surface area contributed by atoms with E-state index in [-0.39, 0.29) is 17.2 Å². The molecule has 1 atom stereocenters. The number of likely N-dealkylation sites (tertiary alicyclic amines) is 1. The predicted octanol–water partition coefficient (Wildman–Crippen LogP) is 3.43. The molecule has 3 fully saturated rings. The molecule has 1 spiro atoms. The third kappa shape index (κ3) is 4.85. The van der Waals surface area contributed by atoms with Crippen molar-refractivity contribution in [2.24, 2.45) is 11.3 Å². The number of nitrogens with zero attached hydrogens (tertiary/aromatic N) is 3. The average molecular weight is 448 g/mol. The van der Waals surface area contributed by atoms with Crippen molar-refractivity contribution in [1.82, 2.24) is 9.80 Å². The zero-order valence-corrected chi connectivity index (χ0v) is 19.2. The molecule has 2 aromatic carbocycles. The molecule has 1 saturated carbocycles. The van der Waals surface area contributed by atoms with Crippen molar-refractivity contribution in [3.63, 3.8) is 0 Å². The lowest BCUT2D eigenvalue weighted by Crippen LogP contribution is -2.50. The van der Waals surface area contributed by atoms with Gasteiger partial charge in [0.25, 0.3) is 0 Å². The van der Waals surface area contributed by atoms with Crippen LogP contribution in [0.15, 0.2) is 60.7 Å². The molecule has 3 aliphatic rings. The van der Waals surface area contributed by atoms with Crippen LogP contribution in [0.5, 0.6) is 5.75 Å². The molecule has 2 saturated heterocycles. The second kappa shape index (κ2) is 9.46. The lowest BCUT2D eigenvalue weighted by molar-refractivity contribution is -0.135. The van der Waals surface area contributed by atoms with E-state index in [2.05, 4.69) is 34.1 Å². The van der Waals surface area contributed by atoms with Gasteiger partial charge in [-0.05, 0) is 48.9 Å². The van der Waals surface area contributed by atoms with Crippen LogP contribution in [0.25, 0.3) is 0 Å². The van der Waals surface area contributed by atoms with Crippen LogP contribution in [-0.2, 0) is 9.59 Å². The fraction of sp³-hybridized carbons (Fsp3) is 0.481. The van der Waals surface area contributed by atoms with Gasteiger partial charge in [0, 0.05) is 50.9 Å². The van der Waals surface area contributed by atoms with Crippen LogP contribution in [0, 0.1) is 11.3 Å². The summed E-state index contributed by atoms with van der Waals surface area (Å²) in [7, 11) is 0. The Morgan fingerprint density at radius 2 is 1.45 bits per heavy atom. The molecule has 1 aliphatic carbocycles. The number of piperazine rings is 1. The fourth-order valence-corrected chi connectivity index (χ4v) is 5.43. The van der Waals surface area contributed by atoms with E-state index in [1.807, 2.05) is 41.3 Å². The van der Waals surface area contributed by atoms with Crippen LogP contribution in [0.3, 0.4) is 0 Å². The fourth-order valence-electron chi connectivity index (χ4n) is 5.43. The number of carbonyl (C=O) groups excluding carboxylic acids is 2. The van der Waals surface area contributed by atoms with Gasteiger partial charge in [-0.3, -0.25) is 9.59 Å². The first kappa shape index (κ1) is 21.8. The number of ether oxygens (including phenoxy) is 1. The molecule has 174 valence electrons. The lowest BCUT2D eigenvalue weighted by Gasteiger charge is -2.37. The molecular weight excluding hydrogens is 414 g/mol. The minimum atomic E-state index is 0.130. The highest BCUT2D eigenvalue weighted by Crippen LogP contribution is 2.60. The quantitative estimate of drug-likeness (QED) is 0.681. The van der Waals surface area contributed by atoms with Gasteiger partial charge in [0.05, 0.1) is 13.0 Å². The van der Waals surface area contributed by atoms with Crippen molar-refractivity contribution in [3.8, 4) is 5.75 Å². The number of para-hydroxylation sites is 2. The summed E-state index contributed by atoms with van der Waals surface area (Å²) >= 11 is 0. The Balaban J connectivity index is 1.05. The van der Waals surface area contributed by atoms with Crippen molar-refractivity contribution in [2.45, 2.75) is 25.7 Å². The summed E-state index contributed by atoms with van der Waals surface area (Å²) in [5, 5.41) is 0. The largest absolute Gasteiger partial charge is 0.493 e. The van der Waals surface area contributed by atoms with Gasteiger partial charge in [-0.2, -0.15) is 0 Å². The second-order valence-corrected chi connectivity index (χ2v) is 9.56. The van der Waals surface area contributed by atoms with Gasteiger partial charge in [-0.15, -0.1) is 0 Å². The molecule has 33 heavy (non-hydrogen) atoms. The molecule has 2 aliphatic heterocycles. The van der Waals surface area contributed by atoms with Crippen molar-refractivity contribution >= 4 is 17.5 Å². The van der Waals surface area contributed by atoms with E-state index in [0.29, 0.717) is 18.9 Å². The highest BCUT2D eigenvalue weighted by Gasteiger charge is 2.59. The molecule has 0 radical (unpaired) electrons. The Hall–Kier alpha value is -3.02. The van der Waals surface area contributed by atoms with E-state index in [9.17, 15) is 9.59 Å². The number of hydrogen-bond acceptors (Lipinski definition) is 4. The van der Waals surface area contributed by atoms with Crippen LogP contribution in [0.2, 0.25) is 0 Å². The normalized spacial score (nSPS) is 21.7. The minimum Gasteiger partial charge on any atom is -0.493 e. The van der Waals surface area contributed by atoms with Crippen molar-refractivity contribution in [1.29, 1.82) is 0 Å². The summed E-state index contributed by atoms with van der Waals surface area (Å²) in [6, 6.07) is 20.0. The standard InChI is InChI=1S/C27H33N3O3/c31-25(11-20-33-23-9-5-2-6-10-23)29-14-12-27(13-15-29)21-24(27)26(32)30-18-16-28(17-19-30)22-7-3-1-4-8-22/h1-10,24H,11-21H2/t24-/m1/s1. The van der Waals surface area contributed by atoms with Gasteiger partial charge in [0.15, 0.2) is 0 Å². The van der Waals surface area contributed by atoms with Crippen LogP contribution in [0.1, 0.15) is 25.7 Å². The molecule has 2 aromatic rings. The molecule has 2 heterocycles. The van der Waals surface area contributed by atoms with Crippen LogP contribution in [-0.4, -0.2) is 67.5 Å². The molecule has 6 nitrogen and oxygen atoms in total. The van der Waals surface area contributed by atoms with Gasteiger partial charge < -0.3 is 19.4 Å². The van der Waals surface area contributed by atoms with E-state index in [4.69, 9.17) is 4.74 Å². The third-order valence-corrected chi connectivity index (χ3v) is 7.64. The molecule has 0 unspecified atom stereocenters. The lowest BCUT2D eigenvalue weighted by atomic mass is 9.90. The first-order valence-electron chi connectivity index (χ1n) is 12.2. The van der Waals surface area contributed by atoms with E-state index in [0.717, 1.165) is 64.3 Å². The molecule has 0 N–H and O–H groups in total. The number of anilines is 1. The Labute approximate surface area is 196 Å². The molecule has 2 amide bonds. The predicted molar refractivity (Wildman–Crippen MR) is 128 cm³/mol. The Bertz CT molecular complexity index is 949. The van der Waals surface area contributed by atoms with Gasteiger partial charge >= 0.3 is 0 Å². The van der Waals surface area contributed by atoms with Crippen LogP contribution in [0.4, 0.5) is 5.69 Å². The first-order valence-corrected chi connectivity index (χ1v) is 12.2. The zero-order valence-electron chi connectivity index (χ0n) is 19.2. The number of benzene rings is 2.